The van der Waals surface area contributed by atoms with Gasteiger partial charge in [0.25, 0.3) is 0 Å². The topological polar surface area (TPSA) is 85.5 Å². The zero-order valence-electron chi connectivity index (χ0n) is 24.6. The number of carbonyl (C=O) groups is 1. The minimum Gasteiger partial charge on any atom is -0.384 e. The third kappa shape index (κ3) is 6.99. The molecule has 1 saturated heterocycles. The number of hydrogen-bond donors (Lipinski definition) is 3. The van der Waals surface area contributed by atoms with Crippen molar-refractivity contribution in [1.29, 1.82) is 5.41 Å². The van der Waals surface area contributed by atoms with Gasteiger partial charge in [0.2, 0.25) is 5.91 Å². The molecule has 3 aromatic rings. The van der Waals surface area contributed by atoms with E-state index in [1.165, 1.54) is 30.4 Å². The zero-order valence-corrected chi connectivity index (χ0v) is 24.6. The summed E-state index contributed by atoms with van der Waals surface area (Å²) in [6, 6.07) is 25.8. The van der Waals surface area contributed by atoms with Crippen molar-refractivity contribution in [3.8, 4) is 0 Å². The first-order chi connectivity index (χ1) is 19.9. The van der Waals surface area contributed by atoms with Gasteiger partial charge in [-0.15, -0.1) is 0 Å². The number of nitrogens with one attached hydrogen (secondary N) is 2. The Morgan fingerprint density at radius 2 is 1.68 bits per heavy atom. The number of amides is 1. The van der Waals surface area contributed by atoms with Crippen LogP contribution in [0, 0.1) is 5.41 Å². The maximum Gasteiger partial charge on any atom is 0.234 e. The summed E-state index contributed by atoms with van der Waals surface area (Å²) in [5.74, 6) is -0.115. The molecule has 216 valence electrons. The molecule has 2 aliphatic rings. The van der Waals surface area contributed by atoms with E-state index in [-0.39, 0.29) is 17.7 Å². The summed E-state index contributed by atoms with van der Waals surface area (Å²) < 4.78 is 0. The van der Waals surface area contributed by atoms with E-state index in [9.17, 15) is 4.79 Å². The molecular weight excluding hydrogens is 506 g/mol. The predicted molar refractivity (Wildman–Crippen MR) is 170 cm³/mol. The molecule has 4 N–H and O–H groups in total. The van der Waals surface area contributed by atoms with Gasteiger partial charge in [0.15, 0.2) is 0 Å². The minimum absolute atomic E-state index is 0.0267. The first-order valence-corrected chi connectivity index (χ1v) is 15.3. The molecular formula is C35H45N5O. The van der Waals surface area contributed by atoms with E-state index < -0.39 is 0 Å². The summed E-state index contributed by atoms with van der Waals surface area (Å²) in [6.45, 7) is 7.32. The molecule has 0 aliphatic carbocycles. The van der Waals surface area contributed by atoms with Crippen LogP contribution < -0.4 is 16.0 Å². The van der Waals surface area contributed by atoms with Crippen LogP contribution in [0.1, 0.15) is 80.5 Å². The molecule has 1 amide bonds. The molecule has 2 aliphatic heterocycles. The molecule has 0 aromatic heterocycles. The molecule has 1 unspecified atom stereocenters. The maximum absolute atomic E-state index is 14.1. The summed E-state index contributed by atoms with van der Waals surface area (Å²) in [5.41, 5.74) is 11.8. The standard InChI is InChI=1S/C35H45N5O/c1-25-11-9-12-26(2)39(25)19-7-4-8-20-40-33-23-31(38-24-27-13-5-3-6-14-27)18-17-29(33)22-32(35(40)41)28-15-10-16-30(21-28)34(36)37/h3,5-6,10,13-18,21,23,25-26,32,38H,4,7-9,11-12,19-20,22,24H2,1-2H3,(H3,36,37)/t25-,26+,32?. The number of unbranched alkanes of at least 4 members (excludes halogenated alkanes) is 2. The van der Waals surface area contributed by atoms with Crippen molar-refractivity contribution in [2.24, 2.45) is 5.73 Å². The highest BCUT2D eigenvalue weighted by atomic mass is 16.2. The molecule has 6 heteroatoms. The zero-order chi connectivity index (χ0) is 28.8. The number of nitrogens with two attached hydrogens (primary N) is 1. The number of benzene rings is 3. The van der Waals surface area contributed by atoms with Crippen LogP contribution in [0.4, 0.5) is 11.4 Å². The van der Waals surface area contributed by atoms with Gasteiger partial charge in [-0.3, -0.25) is 15.1 Å². The van der Waals surface area contributed by atoms with Crippen LogP contribution >= 0.6 is 0 Å². The van der Waals surface area contributed by atoms with Gasteiger partial charge in [-0.2, -0.15) is 0 Å². The van der Waals surface area contributed by atoms with E-state index in [2.05, 4.69) is 66.5 Å². The Hall–Kier alpha value is -3.64. The van der Waals surface area contributed by atoms with Crippen molar-refractivity contribution in [1.82, 2.24) is 4.90 Å². The summed E-state index contributed by atoms with van der Waals surface area (Å²) in [7, 11) is 0. The number of piperidine rings is 1. The largest absolute Gasteiger partial charge is 0.384 e. The average molecular weight is 552 g/mol. The molecule has 6 nitrogen and oxygen atoms in total. The quantitative estimate of drug-likeness (QED) is 0.141. The number of nitrogens with zero attached hydrogens (tertiary/aromatic N) is 2. The van der Waals surface area contributed by atoms with E-state index in [0.717, 1.165) is 49.3 Å². The Balaban J connectivity index is 1.31. The molecule has 3 atom stereocenters. The number of anilines is 2. The van der Waals surface area contributed by atoms with Crippen LogP contribution in [0.2, 0.25) is 0 Å². The van der Waals surface area contributed by atoms with Gasteiger partial charge < -0.3 is 16.0 Å². The lowest BCUT2D eigenvalue weighted by Gasteiger charge is -2.39. The molecule has 0 spiro atoms. The van der Waals surface area contributed by atoms with Crippen LogP contribution in [0.5, 0.6) is 0 Å². The van der Waals surface area contributed by atoms with E-state index in [1.54, 1.807) is 0 Å². The second-order valence-electron chi connectivity index (χ2n) is 11.9. The summed E-state index contributed by atoms with van der Waals surface area (Å²) in [6.07, 6.45) is 7.83. The monoisotopic (exact) mass is 551 g/mol. The van der Waals surface area contributed by atoms with Crippen LogP contribution in [0.3, 0.4) is 0 Å². The average Bonchev–Trinajstić information content (AvgIpc) is 2.98. The van der Waals surface area contributed by atoms with Gasteiger partial charge in [-0.25, -0.2) is 0 Å². The third-order valence-electron chi connectivity index (χ3n) is 8.98. The number of rotatable bonds is 11. The minimum atomic E-state index is -0.278. The summed E-state index contributed by atoms with van der Waals surface area (Å²) in [4.78, 5) is 18.8. The molecule has 0 saturated carbocycles. The summed E-state index contributed by atoms with van der Waals surface area (Å²) in [5, 5.41) is 11.4. The van der Waals surface area contributed by atoms with Crippen molar-refractivity contribution in [2.75, 3.05) is 23.3 Å². The maximum atomic E-state index is 14.1. The van der Waals surface area contributed by atoms with Gasteiger partial charge in [0, 0.05) is 42.1 Å². The van der Waals surface area contributed by atoms with Crippen molar-refractivity contribution in [2.45, 2.75) is 83.3 Å². The van der Waals surface area contributed by atoms with E-state index in [4.69, 9.17) is 11.1 Å². The molecule has 0 radical (unpaired) electrons. The Bertz CT molecular complexity index is 1330. The molecule has 1 fully saturated rings. The molecule has 0 bridgehead atoms. The normalized spacial score (nSPS) is 21.0. The number of likely N-dealkylation sites (tertiary alicyclic amines) is 1. The predicted octanol–water partition coefficient (Wildman–Crippen LogP) is 6.69. The first kappa shape index (κ1) is 28.9. The SMILES string of the molecule is C[C@@H]1CCC[C@H](C)N1CCCCCN1C(=O)C(c2cccc(C(=N)N)c2)Cc2ccc(NCc3ccccc3)cc21. The van der Waals surface area contributed by atoms with Crippen molar-refractivity contribution in [3.05, 3.63) is 95.1 Å². The van der Waals surface area contributed by atoms with Crippen LogP contribution in [0.25, 0.3) is 0 Å². The number of carbonyl (C=O) groups excluding carboxylic acids is 1. The Kier molecular flexibility index (Phi) is 9.40. The fraction of sp³-hybridized carbons (Fsp3) is 0.429. The van der Waals surface area contributed by atoms with Gasteiger partial charge in [0.1, 0.15) is 5.84 Å². The lowest BCUT2D eigenvalue weighted by Crippen LogP contribution is -2.44. The lowest BCUT2D eigenvalue weighted by atomic mass is 9.85. The van der Waals surface area contributed by atoms with Crippen LogP contribution in [-0.2, 0) is 17.8 Å². The number of nitrogen functional groups attached to an aromatic ring is 1. The van der Waals surface area contributed by atoms with Gasteiger partial charge in [-0.05, 0) is 87.4 Å². The molecule has 41 heavy (non-hydrogen) atoms. The second-order valence-corrected chi connectivity index (χ2v) is 11.9. The summed E-state index contributed by atoms with van der Waals surface area (Å²) >= 11 is 0. The fourth-order valence-corrected chi connectivity index (χ4v) is 6.58. The van der Waals surface area contributed by atoms with Crippen molar-refractivity contribution in [3.63, 3.8) is 0 Å². The molecule has 3 aromatic carbocycles. The van der Waals surface area contributed by atoms with E-state index in [0.29, 0.717) is 30.6 Å². The Morgan fingerprint density at radius 3 is 2.44 bits per heavy atom. The Labute approximate surface area is 245 Å². The molecule has 5 rings (SSSR count). The highest BCUT2D eigenvalue weighted by Crippen LogP contribution is 2.38. The van der Waals surface area contributed by atoms with Crippen LogP contribution in [-0.4, -0.2) is 41.8 Å². The third-order valence-corrected chi connectivity index (χ3v) is 8.98. The van der Waals surface area contributed by atoms with Gasteiger partial charge >= 0.3 is 0 Å². The first-order valence-electron chi connectivity index (χ1n) is 15.3. The van der Waals surface area contributed by atoms with Crippen molar-refractivity contribution >= 4 is 23.1 Å². The molecule has 2 heterocycles. The van der Waals surface area contributed by atoms with Crippen molar-refractivity contribution < 1.29 is 4.79 Å². The lowest BCUT2D eigenvalue weighted by molar-refractivity contribution is -0.120. The smallest absolute Gasteiger partial charge is 0.234 e. The van der Waals surface area contributed by atoms with Gasteiger partial charge in [-0.1, -0.05) is 67.4 Å². The number of amidine groups is 1. The van der Waals surface area contributed by atoms with Crippen LogP contribution in [0.15, 0.2) is 72.8 Å². The Morgan fingerprint density at radius 1 is 0.927 bits per heavy atom. The van der Waals surface area contributed by atoms with E-state index >= 15 is 0 Å². The van der Waals surface area contributed by atoms with Gasteiger partial charge in [0.05, 0.1) is 5.92 Å². The number of fused-ring (bicyclic) bond motifs is 1. The second kappa shape index (κ2) is 13.3. The fourth-order valence-electron chi connectivity index (χ4n) is 6.58. The highest BCUT2D eigenvalue weighted by Gasteiger charge is 2.34. The highest BCUT2D eigenvalue weighted by molar-refractivity contribution is 6.02. The van der Waals surface area contributed by atoms with E-state index in [1.807, 2.05) is 35.2 Å². The number of hydrogen-bond acceptors (Lipinski definition) is 4.